The van der Waals surface area contributed by atoms with Gasteiger partial charge in [-0.25, -0.2) is 9.97 Å². The first-order valence-electron chi connectivity index (χ1n) is 10.0. The van der Waals surface area contributed by atoms with Crippen LogP contribution in [0.2, 0.25) is 5.02 Å². The molecular formula is C23H24ClN5O. The Balaban J connectivity index is 1.38. The van der Waals surface area contributed by atoms with E-state index in [0.29, 0.717) is 11.6 Å². The summed E-state index contributed by atoms with van der Waals surface area (Å²) in [5, 5.41) is 3.88. The molecular weight excluding hydrogens is 398 g/mol. The van der Waals surface area contributed by atoms with Crippen molar-refractivity contribution in [3.05, 3.63) is 89.2 Å². The van der Waals surface area contributed by atoms with Crippen LogP contribution < -0.4 is 10.2 Å². The number of nitrogens with one attached hydrogen (secondary N) is 1. The lowest BCUT2D eigenvalue weighted by atomic mass is 9.98. The lowest BCUT2D eigenvalue weighted by Crippen LogP contribution is -2.50. The summed E-state index contributed by atoms with van der Waals surface area (Å²) in [4.78, 5) is 25.8. The fourth-order valence-corrected chi connectivity index (χ4v) is 3.76. The predicted molar refractivity (Wildman–Crippen MR) is 119 cm³/mol. The molecule has 30 heavy (non-hydrogen) atoms. The van der Waals surface area contributed by atoms with Crippen LogP contribution in [0, 0.1) is 0 Å². The van der Waals surface area contributed by atoms with Gasteiger partial charge in [0, 0.05) is 43.6 Å². The highest BCUT2D eigenvalue weighted by Crippen LogP contribution is 2.23. The summed E-state index contributed by atoms with van der Waals surface area (Å²) < 4.78 is 0. The molecule has 1 aliphatic rings. The van der Waals surface area contributed by atoms with Crippen LogP contribution in [0.25, 0.3) is 0 Å². The molecule has 1 aromatic heterocycles. The van der Waals surface area contributed by atoms with Gasteiger partial charge < -0.3 is 10.2 Å². The minimum Gasteiger partial charge on any atom is -0.344 e. The van der Waals surface area contributed by atoms with E-state index in [1.54, 1.807) is 12.4 Å². The monoisotopic (exact) mass is 421 g/mol. The van der Waals surface area contributed by atoms with Crippen LogP contribution in [0.1, 0.15) is 17.2 Å². The van der Waals surface area contributed by atoms with Crippen LogP contribution in [-0.2, 0) is 4.79 Å². The minimum absolute atomic E-state index is 0.00298. The topological polar surface area (TPSA) is 61.4 Å². The quantitative estimate of drug-likeness (QED) is 0.662. The number of halogens is 1. The number of carbonyl (C=O) groups excluding carboxylic acids is 1. The van der Waals surface area contributed by atoms with Crippen LogP contribution in [0.4, 0.5) is 5.95 Å². The van der Waals surface area contributed by atoms with Crippen LogP contribution in [0.3, 0.4) is 0 Å². The molecule has 1 fully saturated rings. The molecule has 0 radical (unpaired) electrons. The zero-order chi connectivity index (χ0) is 20.8. The van der Waals surface area contributed by atoms with Crippen molar-refractivity contribution < 1.29 is 4.79 Å². The van der Waals surface area contributed by atoms with Gasteiger partial charge in [-0.15, -0.1) is 0 Å². The van der Waals surface area contributed by atoms with Gasteiger partial charge in [-0.1, -0.05) is 54.1 Å². The van der Waals surface area contributed by atoms with Gasteiger partial charge in [0.15, 0.2) is 0 Å². The van der Waals surface area contributed by atoms with E-state index in [2.05, 4.69) is 25.1 Å². The number of piperazine rings is 1. The Labute approximate surface area is 181 Å². The van der Waals surface area contributed by atoms with E-state index < -0.39 is 0 Å². The lowest BCUT2D eigenvalue weighted by molar-refractivity contribution is -0.122. The van der Waals surface area contributed by atoms with Gasteiger partial charge in [-0.3, -0.25) is 9.69 Å². The van der Waals surface area contributed by atoms with Crippen molar-refractivity contribution in [2.45, 2.75) is 6.04 Å². The molecule has 1 aliphatic heterocycles. The van der Waals surface area contributed by atoms with Crippen molar-refractivity contribution in [2.24, 2.45) is 0 Å². The first-order chi connectivity index (χ1) is 14.7. The second-order valence-electron chi connectivity index (χ2n) is 7.27. The van der Waals surface area contributed by atoms with Gasteiger partial charge in [0.1, 0.15) is 0 Å². The summed E-state index contributed by atoms with van der Waals surface area (Å²) in [5.74, 6) is 0.747. The molecule has 0 bridgehead atoms. The molecule has 154 valence electrons. The van der Waals surface area contributed by atoms with Gasteiger partial charge in [0.25, 0.3) is 0 Å². The SMILES string of the molecule is O=C(CN1CCN(c2ncccn2)CC1)NC(c1ccccc1)c1ccc(Cl)cc1. The van der Waals surface area contributed by atoms with Crippen molar-refractivity contribution in [2.75, 3.05) is 37.6 Å². The Bertz CT molecular complexity index is 944. The molecule has 0 saturated carbocycles. The molecule has 1 N–H and O–H groups in total. The van der Waals surface area contributed by atoms with Crippen LogP contribution in [-0.4, -0.2) is 53.5 Å². The Morgan fingerprint density at radius 2 is 1.53 bits per heavy atom. The number of nitrogens with zero attached hydrogens (tertiary/aromatic N) is 4. The lowest BCUT2D eigenvalue weighted by Gasteiger charge is -2.34. The molecule has 1 amide bonds. The van der Waals surface area contributed by atoms with Crippen molar-refractivity contribution in [1.82, 2.24) is 20.2 Å². The second kappa shape index (κ2) is 9.69. The molecule has 0 spiro atoms. The smallest absolute Gasteiger partial charge is 0.234 e. The molecule has 7 heteroatoms. The zero-order valence-electron chi connectivity index (χ0n) is 16.6. The fourth-order valence-electron chi connectivity index (χ4n) is 3.63. The highest BCUT2D eigenvalue weighted by atomic mass is 35.5. The van der Waals surface area contributed by atoms with Gasteiger partial charge in [0.2, 0.25) is 11.9 Å². The number of carbonyl (C=O) groups is 1. The molecule has 6 nitrogen and oxygen atoms in total. The summed E-state index contributed by atoms with van der Waals surface area (Å²) in [7, 11) is 0. The molecule has 1 atom stereocenters. The average Bonchev–Trinajstić information content (AvgIpc) is 2.80. The molecule has 2 heterocycles. The van der Waals surface area contributed by atoms with Crippen molar-refractivity contribution >= 4 is 23.5 Å². The Morgan fingerprint density at radius 1 is 0.900 bits per heavy atom. The van der Waals surface area contributed by atoms with Gasteiger partial charge in [0.05, 0.1) is 12.6 Å². The van der Waals surface area contributed by atoms with Crippen molar-refractivity contribution in [3.8, 4) is 0 Å². The van der Waals surface area contributed by atoms with Crippen molar-refractivity contribution in [3.63, 3.8) is 0 Å². The van der Waals surface area contributed by atoms with E-state index in [4.69, 9.17) is 11.6 Å². The zero-order valence-corrected chi connectivity index (χ0v) is 17.4. The van der Waals surface area contributed by atoms with Gasteiger partial charge in [-0.05, 0) is 29.3 Å². The largest absolute Gasteiger partial charge is 0.344 e. The Kier molecular flexibility index (Phi) is 6.57. The van der Waals surface area contributed by atoms with Crippen LogP contribution in [0.15, 0.2) is 73.1 Å². The molecule has 1 saturated heterocycles. The number of hydrogen-bond acceptors (Lipinski definition) is 5. The maximum atomic E-state index is 12.9. The molecule has 1 unspecified atom stereocenters. The third-order valence-corrected chi connectivity index (χ3v) is 5.47. The summed E-state index contributed by atoms with van der Waals surface area (Å²) in [6, 6.07) is 19.2. The second-order valence-corrected chi connectivity index (χ2v) is 7.71. The van der Waals surface area contributed by atoms with Crippen molar-refractivity contribution in [1.29, 1.82) is 0 Å². The standard InChI is InChI=1S/C23H24ClN5O/c24-20-9-7-19(8-10-20)22(18-5-2-1-3-6-18)27-21(30)17-28-13-15-29(16-14-28)23-25-11-4-12-26-23/h1-12,22H,13-17H2,(H,27,30). The first-order valence-corrected chi connectivity index (χ1v) is 10.4. The maximum absolute atomic E-state index is 12.9. The van der Waals surface area contributed by atoms with E-state index >= 15 is 0 Å². The Morgan fingerprint density at radius 3 is 2.20 bits per heavy atom. The number of hydrogen-bond donors (Lipinski definition) is 1. The van der Waals surface area contributed by atoms with Crippen LogP contribution in [0.5, 0.6) is 0 Å². The fraction of sp³-hybridized carbons (Fsp3) is 0.261. The minimum atomic E-state index is -0.213. The summed E-state index contributed by atoms with van der Waals surface area (Å²) in [5.41, 5.74) is 2.05. The molecule has 3 aromatic rings. The average molecular weight is 422 g/mol. The maximum Gasteiger partial charge on any atom is 0.234 e. The van der Waals surface area contributed by atoms with E-state index in [-0.39, 0.29) is 11.9 Å². The highest BCUT2D eigenvalue weighted by Gasteiger charge is 2.22. The molecule has 0 aliphatic carbocycles. The third-order valence-electron chi connectivity index (χ3n) is 5.22. The predicted octanol–water partition coefficient (Wildman–Crippen LogP) is 3.16. The summed E-state index contributed by atoms with van der Waals surface area (Å²) >= 11 is 6.05. The van der Waals surface area contributed by atoms with Crippen LogP contribution >= 0.6 is 11.6 Å². The van der Waals surface area contributed by atoms with Gasteiger partial charge in [-0.2, -0.15) is 0 Å². The first kappa shape index (κ1) is 20.3. The Hall–Kier alpha value is -2.96. The summed E-state index contributed by atoms with van der Waals surface area (Å²) in [6.07, 6.45) is 3.51. The number of rotatable bonds is 6. The van der Waals surface area contributed by atoms with E-state index in [1.807, 2.05) is 60.7 Å². The highest BCUT2D eigenvalue weighted by molar-refractivity contribution is 6.30. The summed E-state index contributed by atoms with van der Waals surface area (Å²) in [6.45, 7) is 3.55. The van der Waals surface area contributed by atoms with E-state index in [9.17, 15) is 4.79 Å². The number of benzene rings is 2. The number of aromatic nitrogens is 2. The van der Waals surface area contributed by atoms with Gasteiger partial charge >= 0.3 is 0 Å². The van der Waals surface area contributed by atoms with E-state index in [1.165, 1.54) is 0 Å². The third kappa shape index (κ3) is 5.14. The van der Waals surface area contributed by atoms with E-state index in [0.717, 1.165) is 43.3 Å². The molecule has 2 aromatic carbocycles. The number of amides is 1. The molecule has 4 rings (SSSR count). The normalized spacial score (nSPS) is 15.6. The number of anilines is 1.